The van der Waals surface area contributed by atoms with Crippen molar-refractivity contribution in [3.63, 3.8) is 0 Å². The van der Waals surface area contributed by atoms with E-state index in [0.717, 1.165) is 23.8 Å². The molecule has 0 saturated carbocycles. The summed E-state index contributed by atoms with van der Waals surface area (Å²) in [4.78, 5) is 11.7. The van der Waals surface area contributed by atoms with Gasteiger partial charge in [-0.05, 0) is 30.7 Å². The molecule has 0 fully saturated rings. The summed E-state index contributed by atoms with van der Waals surface area (Å²) in [6, 6.07) is 7.44. The number of carbonyl (C=O) groups excluding carboxylic acids is 1. The summed E-state index contributed by atoms with van der Waals surface area (Å²) < 4.78 is 10.9. The van der Waals surface area contributed by atoms with Gasteiger partial charge in [0.2, 0.25) is 5.91 Å². The van der Waals surface area contributed by atoms with E-state index in [-0.39, 0.29) is 10.7 Å². The van der Waals surface area contributed by atoms with Gasteiger partial charge in [-0.2, -0.15) is 11.8 Å². The van der Waals surface area contributed by atoms with Crippen molar-refractivity contribution in [2.24, 2.45) is 0 Å². The molecule has 22 heavy (non-hydrogen) atoms. The fourth-order valence-electron chi connectivity index (χ4n) is 1.73. The van der Waals surface area contributed by atoms with Gasteiger partial charge in [0.1, 0.15) is 11.5 Å². The summed E-state index contributed by atoms with van der Waals surface area (Å²) in [6.07, 6.45) is 1.21. The van der Waals surface area contributed by atoms with Crippen LogP contribution in [0, 0.1) is 0 Å². The molecule has 0 spiro atoms. The number of methoxy groups -OCH3 is 1. The van der Waals surface area contributed by atoms with Crippen molar-refractivity contribution in [1.29, 1.82) is 0 Å². The first-order valence-corrected chi connectivity index (χ1v) is 8.57. The Labute approximate surface area is 138 Å². The van der Waals surface area contributed by atoms with E-state index in [4.69, 9.17) is 9.47 Å². The number of hydrogen-bond acceptors (Lipinski definition) is 4. The third-order valence-corrected chi connectivity index (χ3v) is 4.11. The van der Waals surface area contributed by atoms with Gasteiger partial charge in [0.15, 0.2) is 0 Å². The maximum atomic E-state index is 11.7. The molecular formula is C17H27NO3S. The number of rotatable bonds is 9. The van der Waals surface area contributed by atoms with Crippen LogP contribution in [0.1, 0.15) is 33.6 Å². The van der Waals surface area contributed by atoms with Crippen LogP contribution in [0.15, 0.2) is 24.3 Å². The third kappa shape index (κ3) is 8.82. The molecule has 1 N–H and O–H groups in total. The maximum absolute atomic E-state index is 11.7. The van der Waals surface area contributed by atoms with Crippen LogP contribution in [0.4, 0.5) is 0 Å². The summed E-state index contributed by atoms with van der Waals surface area (Å²) in [6.45, 7) is 7.79. The Morgan fingerprint density at radius 1 is 1.18 bits per heavy atom. The normalized spacial score (nSPS) is 11.1. The van der Waals surface area contributed by atoms with E-state index in [9.17, 15) is 4.79 Å². The zero-order valence-corrected chi connectivity index (χ0v) is 14.8. The largest absolute Gasteiger partial charge is 0.497 e. The first-order chi connectivity index (χ1) is 10.4. The zero-order chi connectivity index (χ0) is 16.4. The molecule has 0 aliphatic rings. The van der Waals surface area contributed by atoms with Crippen molar-refractivity contribution >= 4 is 17.7 Å². The molecule has 0 saturated heterocycles. The van der Waals surface area contributed by atoms with Crippen LogP contribution in [0.3, 0.4) is 0 Å². The standard InChI is InChI=1S/C17H27NO3S/c1-17(2,3)22-13-11-18-16(19)6-5-12-21-15-9-7-14(20-4)8-10-15/h7-10H,5-6,11-13H2,1-4H3,(H,18,19). The first kappa shape index (κ1) is 18.7. The SMILES string of the molecule is COc1ccc(OCCCC(=O)NCCSC(C)(C)C)cc1. The van der Waals surface area contributed by atoms with Crippen LogP contribution >= 0.6 is 11.8 Å². The van der Waals surface area contributed by atoms with E-state index in [1.54, 1.807) is 7.11 Å². The third-order valence-electron chi connectivity index (χ3n) is 2.84. The second kappa shape index (κ2) is 9.62. The number of carbonyl (C=O) groups is 1. The topological polar surface area (TPSA) is 47.6 Å². The number of amides is 1. The fourth-order valence-corrected chi connectivity index (χ4v) is 2.55. The van der Waals surface area contributed by atoms with Crippen molar-refractivity contribution in [1.82, 2.24) is 5.32 Å². The van der Waals surface area contributed by atoms with Gasteiger partial charge in [-0.1, -0.05) is 20.8 Å². The van der Waals surface area contributed by atoms with Crippen LogP contribution in [0.5, 0.6) is 11.5 Å². The lowest BCUT2D eigenvalue weighted by Crippen LogP contribution is -2.27. The first-order valence-electron chi connectivity index (χ1n) is 7.58. The van der Waals surface area contributed by atoms with Crippen molar-refractivity contribution in [3.05, 3.63) is 24.3 Å². The number of hydrogen-bond donors (Lipinski definition) is 1. The summed E-state index contributed by atoms with van der Waals surface area (Å²) in [7, 11) is 1.63. The monoisotopic (exact) mass is 325 g/mol. The van der Waals surface area contributed by atoms with Crippen LogP contribution in [0.2, 0.25) is 0 Å². The zero-order valence-electron chi connectivity index (χ0n) is 14.0. The molecule has 0 radical (unpaired) electrons. The molecule has 0 bridgehead atoms. The Morgan fingerprint density at radius 2 is 1.82 bits per heavy atom. The lowest BCUT2D eigenvalue weighted by molar-refractivity contribution is -0.121. The minimum Gasteiger partial charge on any atom is -0.497 e. The van der Waals surface area contributed by atoms with E-state index in [1.165, 1.54) is 0 Å². The van der Waals surface area contributed by atoms with E-state index in [0.29, 0.717) is 19.4 Å². The average molecular weight is 325 g/mol. The van der Waals surface area contributed by atoms with Crippen molar-refractivity contribution in [3.8, 4) is 11.5 Å². The Kier molecular flexibility index (Phi) is 8.17. The van der Waals surface area contributed by atoms with E-state index in [2.05, 4.69) is 26.1 Å². The molecule has 1 aromatic rings. The second-order valence-electron chi connectivity index (χ2n) is 5.94. The number of nitrogens with one attached hydrogen (secondary N) is 1. The number of thioether (sulfide) groups is 1. The predicted octanol–water partition coefficient (Wildman–Crippen LogP) is 3.50. The Balaban J connectivity index is 2.07. The van der Waals surface area contributed by atoms with Crippen molar-refractivity contribution < 1.29 is 14.3 Å². The van der Waals surface area contributed by atoms with Gasteiger partial charge in [0.25, 0.3) is 0 Å². The molecule has 4 nitrogen and oxygen atoms in total. The molecule has 0 heterocycles. The lowest BCUT2D eigenvalue weighted by atomic mass is 10.3. The number of ether oxygens (including phenoxy) is 2. The van der Waals surface area contributed by atoms with Crippen LogP contribution in [0.25, 0.3) is 0 Å². The Hall–Kier alpha value is -1.36. The van der Waals surface area contributed by atoms with Crippen LogP contribution < -0.4 is 14.8 Å². The molecule has 0 aromatic heterocycles. The maximum Gasteiger partial charge on any atom is 0.220 e. The molecule has 0 atom stereocenters. The Morgan fingerprint density at radius 3 is 2.41 bits per heavy atom. The highest BCUT2D eigenvalue weighted by Gasteiger charge is 2.10. The van der Waals surface area contributed by atoms with Crippen molar-refractivity contribution in [2.75, 3.05) is 26.0 Å². The molecule has 0 unspecified atom stereocenters. The molecule has 5 heteroatoms. The van der Waals surface area contributed by atoms with E-state index in [1.807, 2.05) is 36.0 Å². The van der Waals surface area contributed by atoms with Gasteiger partial charge < -0.3 is 14.8 Å². The summed E-state index contributed by atoms with van der Waals surface area (Å²) in [5.41, 5.74) is 0. The minimum atomic E-state index is 0.0906. The highest BCUT2D eigenvalue weighted by atomic mass is 32.2. The van der Waals surface area contributed by atoms with Crippen LogP contribution in [-0.4, -0.2) is 36.7 Å². The van der Waals surface area contributed by atoms with Gasteiger partial charge in [-0.3, -0.25) is 4.79 Å². The molecule has 0 aliphatic heterocycles. The summed E-state index contributed by atoms with van der Waals surface area (Å²) in [5, 5.41) is 2.94. The number of benzene rings is 1. The summed E-state index contributed by atoms with van der Waals surface area (Å²) in [5.74, 6) is 2.63. The molecule has 1 rings (SSSR count). The van der Waals surface area contributed by atoms with Gasteiger partial charge in [-0.15, -0.1) is 0 Å². The van der Waals surface area contributed by atoms with E-state index < -0.39 is 0 Å². The Bertz CT molecular complexity index is 440. The van der Waals surface area contributed by atoms with Gasteiger partial charge in [-0.25, -0.2) is 0 Å². The fraction of sp³-hybridized carbons (Fsp3) is 0.588. The molecular weight excluding hydrogens is 298 g/mol. The van der Waals surface area contributed by atoms with Gasteiger partial charge in [0.05, 0.1) is 13.7 Å². The summed E-state index contributed by atoms with van der Waals surface area (Å²) >= 11 is 1.85. The van der Waals surface area contributed by atoms with Gasteiger partial charge in [0, 0.05) is 23.5 Å². The quantitative estimate of drug-likeness (QED) is 0.706. The predicted molar refractivity (Wildman–Crippen MR) is 92.9 cm³/mol. The van der Waals surface area contributed by atoms with E-state index >= 15 is 0 Å². The van der Waals surface area contributed by atoms with Crippen LogP contribution in [-0.2, 0) is 4.79 Å². The average Bonchev–Trinajstić information content (AvgIpc) is 2.48. The lowest BCUT2D eigenvalue weighted by Gasteiger charge is -2.17. The van der Waals surface area contributed by atoms with Crippen molar-refractivity contribution in [2.45, 2.75) is 38.4 Å². The molecule has 124 valence electrons. The highest BCUT2D eigenvalue weighted by molar-refractivity contribution is 8.00. The molecule has 1 amide bonds. The van der Waals surface area contributed by atoms with Gasteiger partial charge >= 0.3 is 0 Å². The second-order valence-corrected chi connectivity index (χ2v) is 7.86. The smallest absolute Gasteiger partial charge is 0.220 e. The highest BCUT2D eigenvalue weighted by Crippen LogP contribution is 2.22. The molecule has 0 aliphatic carbocycles. The minimum absolute atomic E-state index is 0.0906. The molecule has 1 aromatic carbocycles.